The first-order valence-corrected chi connectivity index (χ1v) is 10.9. The Morgan fingerprint density at radius 2 is 1.90 bits per heavy atom. The number of nitrogens with zero attached hydrogens (tertiary/aromatic N) is 2. The summed E-state index contributed by atoms with van der Waals surface area (Å²) in [5, 5.41) is 6.00. The normalized spacial score (nSPS) is 11.5. The molecule has 0 atom stereocenters. The van der Waals surface area contributed by atoms with Gasteiger partial charge in [-0.2, -0.15) is 0 Å². The van der Waals surface area contributed by atoms with E-state index in [1.165, 1.54) is 0 Å². The van der Waals surface area contributed by atoms with Crippen molar-refractivity contribution in [3.63, 3.8) is 0 Å². The number of fused-ring (bicyclic) bond motifs is 3. The summed E-state index contributed by atoms with van der Waals surface area (Å²) in [7, 11) is 4.02. The van der Waals surface area contributed by atoms with Crippen LogP contribution in [0, 0.1) is 6.92 Å². The Morgan fingerprint density at radius 1 is 1.10 bits per heavy atom. The number of hydrogen-bond acceptors (Lipinski definition) is 3. The SMILES string of the molecule is Cc1cccc2c1[nH]c1c(-c3ccc(Cl)cc3Cl)nc(C(=O)NCCCN(C)C)cc12. The second-order valence-electron chi connectivity index (χ2n) is 7.94. The summed E-state index contributed by atoms with van der Waals surface area (Å²) in [5.41, 5.74) is 4.71. The van der Waals surface area contributed by atoms with Crippen molar-refractivity contribution in [1.29, 1.82) is 0 Å². The van der Waals surface area contributed by atoms with Gasteiger partial charge in [-0.1, -0.05) is 41.4 Å². The fraction of sp³-hybridized carbons (Fsp3) is 0.250. The van der Waals surface area contributed by atoms with Crippen molar-refractivity contribution in [2.24, 2.45) is 0 Å². The highest BCUT2D eigenvalue weighted by Gasteiger charge is 2.19. The van der Waals surface area contributed by atoms with Crippen LogP contribution >= 0.6 is 23.2 Å². The molecule has 0 spiro atoms. The summed E-state index contributed by atoms with van der Waals surface area (Å²) in [6, 6.07) is 13.3. The Morgan fingerprint density at radius 3 is 2.65 bits per heavy atom. The highest BCUT2D eigenvalue weighted by atomic mass is 35.5. The number of aromatic nitrogens is 2. The molecule has 31 heavy (non-hydrogen) atoms. The van der Waals surface area contributed by atoms with E-state index in [1.807, 2.05) is 38.4 Å². The zero-order chi connectivity index (χ0) is 22.1. The minimum Gasteiger partial charge on any atom is -0.353 e. The minimum absolute atomic E-state index is 0.200. The van der Waals surface area contributed by atoms with Gasteiger partial charge in [0.15, 0.2) is 0 Å². The van der Waals surface area contributed by atoms with E-state index in [-0.39, 0.29) is 5.91 Å². The predicted octanol–water partition coefficient (Wildman–Crippen LogP) is 5.68. The fourth-order valence-corrected chi connectivity index (χ4v) is 4.25. The molecule has 1 amide bonds. The molecular weight excluding hydrogens is 431 g/mol. The Labute approximate surface area is 191 Å². The Bertz CT molecular complexity index is 1280. The molecule has 0 aliphatic carbocycles. The van der Waals surface area contributed by atoms with Crippen molar-refractivity contribution < 1.29 is 4.79 Å². The molecular formula is C24H24Cl2N4O. The number of halogens is 2. The summed E-state index contributed by atoms with van der Waals surface area (Å²) in [5.74, 6) is -0.200. The number of hydrogen-bond donors (Lipinski definition) is 2. The smallest absolute Gasteiger partial charge is 0.269 e. The molecule has 0 radical (unpaired) electrons. The van der Waals surface area contributed by atoms with E-state index in [2.05, 4.69) is 28.2 Å². The van der Waals surface area contributed by atoms with Crippen LogP contribution in [0.15, 0.2) is 42.5 Å². The lowest BCUT2D eigenvalue weighted by Gasteiger charge is -2.11. The van der Waals surface area contributed by atoms with Crippen molar-refractivity contribution in [2.75, 3.05) is 27.2 Å². The van der Waals surface area contributed by atoms with Crippen molar-refractivity contribution >= 4 is 50.9 Å². The highest BCUT2D eigenvalue weighted by molar-refractivity contribution is 6.36. The molecule has 7 heteroatoms. The fourth-order valence-electron chi connectivity index (χ4n) is 3.75. The number of para-hydroxylation sites is 1. The molecule has 2 aromatic carbocycles. The van der Waals surface area contributed by atoms with Gasteiger partial charge < -0.3 is 15.2 Å². The van der Waals surface area contributed by atoms with Gasteiger partial charge in [0.2, 0.25) is 0 Å². The number of benzene rings is 2. The average molecular weight is 455 g/mol. The monoisotopic (exact) mass is 454 g/mol. The molecule has 5 nitrogen and oxygen atoms in total. The van der Waals surface area contributed by atoms with E-state index in [9.17, 15) is 4.79 Å². The first-order valence-electron chi connectivity index (χ1n) is 10.2. The van der Waals surface area contributed by atoms with E-state index >= 15 is 0 Å². The summed E-state index contributed by atoms with van der Waals surface area (Å²) in [4.78, 5) is 23.2. The van der Waals surface area contributed by atoms with Crippen molar-refractivity contribution in [2.45, 2.75) is 13.3 Å². The van der Waals surface area contributed by atoms with E-state index in [1.54, 1.807) is 12.1 Å². The molecule has 4 aromatic rings. The molecule has 2 N–H and O–H groups in total. The third-order valence-corrected chi connectivity index (χ3v) is 5.87. The van der Waals surface area contributed by atoms with Crippen LogP contribution < -0.4 is 5.32 Å². The maximum absolute atomic E-state index is 12.9. The highest BCUT2D eigenvalue weighted by Crippen LogP contribution is 2.37. The summed E-state index contributed by atoms with van der Waals surface area (Å²) in [6.45, 7) is 3.54. The zero-order valence-corrected chi connectivity index (χ0v) is 19.2. The van der Waals surface area contributed by atoms with Crippen LogP contribution in [0.1, 0.15) is 22.5 Å². The number of carbonyl (C=O) groups excluding carboxylic acids is 1. The van der Waals surface area contributed by atoms with Gasteiger partial charge in [-0.25, -0.2) is 4.98 Å². The van der Waals surface area contributed by atoms with Gasteiger partial charge >= 0.3 is 0 Å². The van der Waals surface area contributed by atoms with Gasteiger partial charge in [-0.3, -0.25) is 4.79 Å². The second kappa shape index (κ2) is 8.87. The van der Waals surface area contributed by atoms with E-state index in [4.69, 9.17) is 28.2 Å². The topological polar surface area (TPSA) is 61.0 Å². The van der Waals surface area contributed by atoms with Gasteiger partial charge in [-0.15, -0.1) is 0 Å². The number of aromatic amines is 1. The second-order valence-corrected chi connectivity index (χ2v) is 8.78. The zero-order valence-electron chi connectivity index (χ0n) is 17.7. The molecule has 0 bridgehead atoms. The lowest BCUT2D eigenvalue weighted by atomic mass is 10.1. The standard InChI is InChI=1S/C24H24Cl2N4O/c1-14-6-4-7-16-18-13-20(24(31)27-10-5-11-30(2)3)28-22(23(18)29-21(14)16)17-9-8-15(25)12-19(17)26/h4,6-9,12-13,29H,5,10-11H2,1-3H3,(H,27,31). The van der Waals surface area contributed by atoms with Crippen molar-refractivity contribution in [3.05, 3.63) is 63.8 Å². The average Bonchev–Trinajstić information content (AvgIpc) is 3.11. The summed E-state index contributed by atoms with van der Waals surface area (Å²) < 4.78 is 0. The van der Waals surface area contributed by atoms with Crippen LogP contribution in [0.25, 0.3) is 33.1 Å². The molecule has 160 valence electrons. The number of amides is 1. The minimum atomic E-state index is -0.200. The van der Waals surface area contributed by atoms with Gasteiger partial charge in [0.1, 0.15) is 5.69 Å². The third kappa shape index (κ3) is 4.40. The number of rotatable bonds is 6. The third-order valence-electron chi connectivity index (χ3n) is 5.32. The molecule has 0 saturated carbocycles. The maximum atomic E-state index is 12.9. The lowest BCUT2D eigenvalue weighted by molar-refractivity contribution is 0.0947. The van der Waals surface area contributed by atoms with Crippen LogP contribution in [-0.2, 0) is 0 Å². The molecule has 0 saturated heterocycles. The van der Waals surface area contributed by atoms with Gasteiger partial charge in [-0.05, 0) is 63.8 Å². The first-order chi connectivity index (χ1) is 14.8. The Hall–Kier alpha value is -2.60. The quantitative estimate of drug-likeness (QED) is 0.368. The van der Waals surface area contributed by atoms with Crippen molar-refractivity contribution in [1.82, 2.24) is 20.2 Å². The number of carbonyl (C=O) groups is 1. The summed E-state index contributed by atoms with van der Waals surface area (Å²) in [6.07, 6.45) is 0.864. The molecule has 0 aliphatic rings. The van der Waals surface area contributed by atoms with Crippen LogP contribution in [0.4, 0.5) is 0 Å². The molecule has 2 heterocycles. The van der Waals surface area contributed by atoms with Gasteiger partial charge in [0, 0.05) is 33.4 Å². The molecule has 0 unspecified atom stereocenters. The number of pyridine rings is 1. The van der Waals surface area contributed by atoms with Crippen LogP contribution in [0.5, 0.6) is 0 Å². The van der Waals surface area contributed by atoms with E-state index in [0.717, 1.165) is 45.9 Å². The van der Waals surface area contributed by atoms with Gasteiger partial charge in [0.05, 0.1) is 16.2 Å². The number of H-pyrrole nitrogens is 1. The predicted molar refractivity (Wildman–Crippen MR) is 129 cm³/mol. The molecule has 2 aromatic heterocycles. The maximum Gasteiger partial charge on any atom is 0.269 e. The van der Waals surface area contributed by atoms with Gasteiger partial charge in [0.25, 0.3) is 5.91 Å². The van der Waals surface area contributed by atoms with E-state index in [0.29, 0.717) is 28.0 Å². The largest absolute Gasteiger partial charge is 0.353 e. The Kier molecular flexibility index (Phi) is 6.19. The first kappa shape index (κ1) is 21.6. The van der Waals surface area contributed by atoms with E-state index < -0.39 is 0 Å². The van der Waals surface area contributed by atoms with Crippen LogP contribution in [0.2, 0.25) is 10.0 Å². The van der Waals surface area contributed by atoms with Crippen LogP contribution in [0.3, 0.4) is 0 Å². The lowest BCUT2D eigenvalue weighted by Crippen LogP contribution is -2.27. The van der Waals surface area contributed by atoms with Crippen molar-refractivity contribution in [3.8, 4) is 11.3 Å². The molecule has 4 rings (SSSR count). The van der Waals surface area contributed by atoms with Crippen LogP contribution in [-0.4, -0.2) is 48.0 Å². The Balaban J connectivity index is 1.85. The number of nitrogens with one attached hydrogen (secondary N) is 2. The molecule has 0 fully saturated rings. The number of aryl methyl sites for hydroxylation is 1. The summed E-state index contributed by atoms with van der Waals surface area (Å²) >= 11 is 12.6. The molecule has 0 aliphatic heterocycles.